The van der Waals surface area contributed by atoms with Gasteiger partial charge in [0.25, 0.3) is 0 Å². The van der Waals surface area contributed by atoms with Gasteiger partial charge in [0.05, 0.1) is 33.0 Å². The van der Waals surface area contributed by atoms with Gasteiger partial charge in [0, 0.05) is 5.41 Å². The minimum atomic E-state index is -0.526. The molecule has 0 heterocycles. The first-order valence-corrected chi connectivity index (χ1v) is 8.15. The zero-order chi connectivity index (χ0) is 18.2. The molecule has 0 saturated heterocycles. The molecule has 0 unspecified atom stereocenters. The maximum Gasteiger partial charge on any atom is 0.161 e. The molecule has 0 bridgehead atoms. The molecule has 0 aromatic heterocycles. The largest absolute Gasteiger partial charge is 0.493 e. The molecule has 0 aliphatic heterocycles. The van der Waals surface area contributed by atoms with Crippen molar-refractivity contribution in [3.05, 3.63) is 48.6 Å². The molecule has 2 atom stereocenters. The molecule has 4 nitrogen and oxygen atoms in total. The highest BCUT2D eigenvalue weighted by Gasteiger charge is 2.35. The van der Waals surface area contributed by atoms with E-state index in [1.807, 2.05) is 51.1 Å². The second kappa shape index (κ2) is 9.50. The molecule has 0 amide bonds. The molecule has 24 heavy (non-hydrogen) atoms. The summed E-state index contributed by atoms with van der Waals surface area (Å²) in [6, 6.07) is 5.71. The van der Waals surface area contributed by atoms with Gasteiger partial charge in [-0.25, -0.2) is 0 Å². The average molecular weight is 334 g/mol. The minimum Gasteiger partial charge on any atom is -0.493 e. The molecule has 1 aromatic carbocycles. The Kier molecular flexibility index (Phi) is 8.02. The highest BCUT2D eigenvalue weighted by molar-refractivity contribution is 5.42. The highest BCUT2D eigenvalue weighted by atomic mass is 16.5. The molecular weight excluding hydrogens is 304 g/mol. The number of hydrogen-bond donors (Lipinski definition) is 1. The van der Waals surface area contributed by atoms with Crippen LogP contribution in [0.4, 0.5) is 0 Å². The fraction of sp³-hybridized carbons (Fsp3) is 0.500. The van der Waals surface area contributed by atoms with Gasteiger partial charge in [0.2, 0.25) is 0 Å². The summed E-state index contributed by atoms with van der Waals surface area (Å²) in [6.07, 6.45) is 5.44. The lowest BCUT2D eigenvalue weighted by Gasteiger charge is -2.36. The molecule has 1 rings (SSSR count). The molecule has 4 heteroatoms. The molecule has 0 aliphatic rings. The van der Waals surface area contributed by atoms with Gasteiger partial charge in [-0.15, -0.1) is 6.58 Å². The summed E-state index contributed by atoms with van der Waals surface area (Å²) in [7, 11) is 3.22. The maximum atomic E-state index is 10.4. The van der Waals surface area contributed by atoms with Crippen LogP contribution < -0.4 is 9.47 Å². The van der Waals surface area contributed by atoms with Crippen LogP contribution in [0.3, 0.4) is 0 Å². The lowest BCUT2D eigenvalue weighted by Crippen LogP contribution is -2.40. The van der Waals surface area contributed by atoms with Crippen molar-refractivity contribution >= 4 is 0 Å². The fourth-order valence-electron chi connectivity index (χ4n) is 2.50. The second-order valence-corrected chi connectivity index (χ2v) is 6.31. The Morgan fingerprint density at radius 2 is 1.88 bits per heavy atom. The molecule has 0 aliphatic carbocycles. The normalized spacial score (nSPS) is 14.4. The third-order valence-electron chi connectivity index (χ3n) is 4.23. The van der Waals surface area contributed by atoms with Gasteiger partial charge < -0.3 is 19.3 Å². The predicted octanol–water partition coefficient (Wildman–Crippen LogP) is 4.13. The lowest BCUT2D eigenvalue weighted by atomic mass is 9.79. The van der Waals surface area contributed by atoms with Gasteiger partial charge in [-0.3, -0.25) is 0 Å². The number of allylic oxidation sites excluding steroid dienone is 1. The van der Waals surface area contributed by atoms with Crippen molar-refractivity contribution < 1.29 is 19.3 Å². The smallest absolute Gasteiger partial charge is 0.161 e. The molecule has 134 valence electrons. The Bertz CT molecular complexity index is 549. The maximum absolute atomic E-state index is 10.4. The number of ether oxygens (including phenoxy) is 3. The van der Waals surface area contributed by atoms with Gasteiger partial charge in [0.15, 0.2) is 11.5 Å². The third-order valence-corrected chi connectivity index (χ3v) is 4.23. The van der Waals surface area contributed by atoms with E-state index in [0.717, 1.165) is 5.56 Å². The standard InChI is InChI=1S/C20H30O4/c1-7-9-18(21)20(3,4)19(10-8-2)24-14-15-11-12-16(22-5)17(13-15)23-6/h7-8,10-13,18-19,21H,1,9,14H2,2-6H3/b10-8+/t18-,19-/m0/s1. The number of rotatable bonds is 10. The summed E-state index contributed by atoms with van der Waals surface area (Å²) in [5.74, 6) is 1.36. The van der Waals surface area contributed by atoms with Gasteiger partial charge in [-0.1, -0.05) is 38.1 Å². The Morgan fingerprint density at radius 3 is 2.42 bits per heavy atom. The van der Waals surface area contributed by atoms with E-state index in [2.05, 4.69) is 6.58 Å². The first-order valence-electron chi connectivity index (χ1n) is 8.15. The third kappa shape index (κ3) is 5.11. The van der Waals surface area contributed by atoms with Crippen LogP contribution in [0.15, 0.2) is 43.0 Å². The summed E-state index contributed by atoms with van der Waals surface area (Å²) >= 11 is 0. The number of methoxy groups -OCH3 is 2. The Balaban J connectivity index is 2.89. The zero-order valence-electron chi connectivity index (χ0n) is 15.4. The Morgan fingerprint density at radius 1 is 1.21 bits per heavy atom. The monoisotopic (exact) mass is 334 g/mol. The van der Waals surface area contributed by atoms with Crippen LogP contribution in [0.25, 0.3) is 0 Å². The van der Waals surface area contributed by atoms with E-state index in [0.29, 0.717) is 24.5 Å². The van der Waals surface area contributed by atoms with Crippen LogP contribution in [0.5, 0.6) is 11.5 Å². The van der Waals surface area contributed by atoms with E-state index >= 15 is 0 Å². The van der Waals surface area contributed by atoms with Gasteiger partial charge in [0.1, 0.15) is 0 Å². The molecular formula is C20H30O4. The molecule has 1 N–H and O–H groups in total. The molecule has 1 aromatic rings. The minimum absolute atomic E-state index is 0.217. The van der Waals surface area contributed by atoms with E-state index in [1.165, 1.54) is 0 Å². The zero-order valence-corrected chi connectivity index (χ0v) is 15.4. The number of hydrogen-bond acceptors (Lipinski definition) is 4. The fourth-order valence-corrected chi connectivity index (χ4v) is 2.50. The summed E-state index contributed by atoms with van der Waals surface area (Å²) < 4.78 is 16.7. The van der Waals surface area contributed by atoms with E-state index < -0.39 is 11.5 Å². The summed E-state index contributed by atoms with van der Waals surface area (Å²) in [6.45, 7) is 10.1. The molecule has 0 radical (unpaired) electrons. The first-order chi connectivity index (χ1) is 11.4. The van der Waals surface area contributed by atoms with Crippen LogP contribution in [0.1, 0.15) is 32.8 Å². The molecule has 0 fully saturated rings. The van der Waals surface area contributed by atoms with Crippen LogP contribution >= 0.6 is 0 Å². The van der Waals surface area contributed by atoms with Crippen molar-refractivity contribution in [3.63, 3.8) is 0 Å². The Labute approximate surface area is 145 Å². The van der Waals surface area contributed by atoms with E-state index in [4.69, 9.17) is 14.2 Å². The summed E-state index contributed by atoms with van der Waals surface area (Å²) in [5, 5.41) is 10.4. The molecule has 0 spiro atoms. The van der Waals surface area contributed by atoms with Crippen LogP contribution in [-0.4, -0.2) is 31.5 Å². The van der Waals surface area contributed by atoms with E-state index in [9.17, 15) is 5.11 Å². The van der Waals surface area contributed by atoms with Crippen molar-refractivity contribution in [1.29, 1.82) is 0 Å². The number of aliphatic hydroxyl groups is 1. The SMILES string of the molecule is C=CC[C@H](O)C(C)(C)[C@H](/C=C/C)OCc1ccc(OC)c(OC)c1. The first kappa shape index (κ1) is 20.3. The summed E-state index contributed by atoms with van der Waals surface area (Å²) in [4.78, 5) is 0. The molecule has 0 saturated carbocycles. The van der Waals surface area contributed by atoms with Gasteiger partial charge in [-0.2, -0.15) is 0 Å². The lowest BCUT2D eigenvalue weighted by molar-refractivity contribution is -0.0669. The summed E-state index contributed by atoms with van der Waals surface area (Å²) in [5.41, 5.74) is 0.549. The second-order valence-electron chi connectivity index (χ2n) is 6.31. The number of benzene rings is 1. The van der Waals surface area contributed by atoms with E-state index in [-0.39, 0.29) is 6.10 Å². The number of aliphatic hydroxyl groups excluding tert-OH is 1. The Hall–Kier alpha value is -1.78. The van der Waals surface area contributed by atoms with E-state index in [1.54, 1.807) is 20.3 Å². The predicted molar refractivity (Wildman–Crippen MR) is 97.5 cm³/mol. The topological polar surface area (TPSA) is 47.9 Å². The van der Waals surface area contributed by atoms with Crippen LogP contribution in [-0.2, 0) is 11.3 Å². The van der Waals surface area contributed by atoms with Crippen molar-refractivity contribution in [2.75, 3.05) is 14.2 Å². The van der Waals surface area contributed by atoms with Gasteiger partial charge in [-0.05, 0) is 31.0 Å². The quantitative estimate of drug-likeness (QED) is 0.654. The highest BCUT2D eigenvalue weighted by Crippen LogP contribution is 2.33. The average Bonchev–Trinajstić information content (AvgIpc) is 2.58. The van der Waals surface area contributed by atoms with Crippen LogP contribution in [0.2, 0.25) is 0 Å². The van der Waals surface area contributed by atoms with Crippen molar-refractivity contribution in [2.24, 2.45) is 5.41 Å². The van der Waals surface area contributed by atoms with Crippen molar-refractivity contribution in [2.45, 2.75) is 46.0 Å². The van der Waals surface area contributed by atoms with Crippen LogP contribution in [0, 0.1) is 5.41 Å². The van der Waals surface area contributed by atoms with Crippen molar-refractivity contribution in [3.8, 4) is 11.5 Å². The van der Waals surface area contributed by atoms with Gasteiger partial charge >= 0.3 is 0 Å². The van der Waals surface area contributed by atoms with Crippen molar-refractivity contribution in [1.82, 2.24) is 0 Å².